The van der Waals surface area contributed by atoms with Crippen LogP contribution in [0.15, 0.2) is 29.1 Å². The third-order valence-corrected chi connectivity index (χ3v) is 6.51. The second kappa shape index (κ2) is 7.28. The van der Waals surface area contributed by atoms with Gasteiger partial charge in [-0.3, -0.25) is 4.79 Å². The highest BCUT2D eigenvalue weighted by Gasteiger charge is 2.21. The highest BCUT2D eigenvalue weighted by atomic mass is 32.2. The molecular formula is C19H14FN2O3S2-. The Morgan fingerprint density at radius 2 is 2.11 bits per heavy atom. The molecule has 1 aliphatic rings. The van der Waals surface area contributed by atoms with E-state index in [1.165, 1.54) is 28.3 Å². The average molecular weight is 401 g/mol. The molecule has 3 aromatic rings. The monoisotopic (exact) mass is 401 g/mol. The maximum absolute atomic E-state index is 13.1. The number of benzene rings is 1. The van der Waals surface area contributed by atoms with Crippen LogP contribution in [0.2, 0.25) is 0 Å². The standard InChI is InChI=1S/C19H15FN2O3S2/c20-11-6-4-10(5-7-11)8-14(26-9-15(23)24)17-21-18(25)16-12-2-1-3-13(12)27-19(16)22-17/h4-8H,1-3,9H2,(H,23,24)(H,21,22,25)/p-1/b14-8-. The van der Waals surface area contributed by atoms with E-state index in [-0.39, 0.29) is 17.1 Å². The molecule has 0 bridgehead atoms. The van der Waals surface area contributed by atoms with E-state index in [0.717, 1.165) is 36.6 Å². The van der Waals surface area contributed by atoms with Crippen LogP contribution in [0, 0.1) is 5.82 Å². The number of fused-ring (bicyclic) bond motifs is 3. The van der Waals surface area contributed by atoms with Crippen LogP contribution in [0.5, 0.6) is 0 Å². The molecule has 2 heterocycles. The zero-order chi connectivity index (χ0) is 19.0. The van der Waals surface area contributed by atoms with Crippen molar-refractivity contribution in [1.82, 2.24) is 9.97 Å². The number of thioether (sulfide) groups is 1. The van der Waals surface area contributed by atoms with Crippen molar-refractivity contribution >= 4 is 50.3 Å². The zero-order valence-corrected chi connectivity index (χ0v) is 15.7. The van der Waals surface area contributed by atoms with Gasteiger partial charge >= 0.3 is 0 Å². The van der Waals surface area contributed by atoms with Gasteiger partial charge in [0.2, 0.25) is 0 Å². The molecule has 0 spiro atoms. The SMILES string of the molecule is O=C([O-])CS/C(=C\c1ccc(F)cc1)c1nc2sc3c(c2c(=O)[nH]1)CCC3. The number of carbonyl (C=O) groups excluding carboxylic acids is 1. The van der Waals surface area contributed by atoms with Gasteiger partial charge in [0.1, 0.15) is 16.5 Å². The summed E-state index contributed by atoms with van der Waals surface area (Å²) in [4.78, 5) is 33.3. The van der Waals surface area contributed by atoms with Gasteiger partial charge in [-0.15, -0.1) is 23.1 Å². The Hall–Kier alpha value is -2.45. The van der Waals surface area contributed by atoms with E-state index in [4.69, 9.17) is 0 Å². The molecule has 0 radical (unpaired) electrons. The number of aromatic amines is 1. The molecule has 138 valence electrons. The van der Waals surface area contributed by atoms with Crippen molar-refractivity contribution in [3.8, 4) is 0 Å². The predicted octanol–water partition coefficient (Wildman–Crippen LogP) is 2.59. The number of H-pyrrole nitrogens is 1. The molecule has 1 aliphatic carbocycles. The molecule has 2 aromatic heterocycles. The van der Waals surface area contributed by atoms with Crippen LogP contribution < -0.4 is 10.7 Å². The average Bonchev–Trinajstić information content (AvgIpc) is 3.20. The van der Waals surface area contributed by atoms with Crippen LogP contribution in [-0.2, 0) is 17.6 Å². The van der Waals surface area contributed by atoms with Crippen molar-refractivity contribution in [3.63, 3.8) is 0 Å². The topological polar surface area (TPSA) is 85.9 Å². The van der Waals surface area contributed by atoms with E-state index >= 15 is 0 Å². The Morgan fingerprint density at radius 3 is 2.85 bits per heavy atom. The molecule has 27 heavy (non-hydrogen) atoms. The Morgan fingerprint density at radius 1 is 1.33 bits per heavy atom. The normalized spacial score (nSPS) is 13.9. The van der Waals surface area contributed by atoms with E-state index in [0.29, 0.717) is 26.5 Å². The smallest absolute Gasteiger partial charge is 0.260 e. The summed E-state index contributed by atoms with van der Waals surface area (Å²) >= 11 is 2.53. The third-order valence-electron chi connectivity index (χ3n) is 4.32. The molecular weight excluding hydrogens is 387 g/mol. The van der Waals surface area contributed by atoms with Gasteiger partial charge in [0.25, 0.3) is 5.56 Å². The lowest BCUT2D eigenvalue weighted by molar-refractivity contribution is -0.301. The maximum atomic E-state index is 13.1. The second-order valence-electron chi connectivity index (χ2n) is 6.17. The number of carboxylic acids is 1. The van der Waals surface area contributed by atoms with Crippen molar-refractivity contribution in [2.75, 3.05) is 5.75 Å². The second-order valence-corrected chi connectivity index (χ2v) is 8.27. The quantitative estimate of drug-likeness (QED) is 0.710. The van der Waals surface area contributed by atoms with Crippen molar-refractivity contribution < 1.29 is 14.3 Å². The first-order chi connectivity index (χ1) is 13.0. The molecule has 0 saturated heterocycles. The number of thiophene rings is 1. The number of aryl methyl sites for hydroxylation is 2. The number of carbonyl (C=O) groups is 1. The number of nitrogens with one attached hydrogen (secondary N) is 1. The molecule has 0 saturated carbocycles. The van der Waals surface area contributed by atoms with Crippen molar-refractivity contribution in [2.24, 2.45) is 0 Å². The molecule has 1 N–H and O–H groups in total. The van der Waals surface area contributed by atoms with Crippen LogP contribution in [0.25, 0.3) is 21.2 Å². The van der Waals surface area contributed by atoms with Crippen molar-refractivity contribution in [1.29, 1.82) is 0 Å². The van der Waals surface area contributed by atoms with E-state index < -0.39 is 5.97 Å². The Kier molecular flexibility index (Phi) is 4.84. The van der Waals surface area contributed by atoms with Gasteiger partial charge in [-0.25, -0.2) is 9.37 Å². The predicted molar refractivity (Wildman–Crippen MR) is 104 cm³/mol. The summed E-state index contributed by atoms with van der Waals surface area (Å²) in [5, 5.41) is 11.5. The summed E-state index contributed by atoms with van der Waals surface area (Å²) in [6.07, 6.45) is 4.58. The molecule has 0 fully saturated rings. The molecule has 4 rings (SSSR count). The van der Waals surface area contributed by atoms with Crippen molar-refractivity contribution in [2.45, 2.75) is 19.3 Å². The van der Waals surface area contributed by atoms with Crippen LogP contribution in [0.4, 0.5) is 4.39 Å². The van der Waals surface area contributed by atoms with Crippen molar-refractivity contribution in [3.05, 3.63) is 62.3 Å². The minimum atomic E-state index is -1.22. The molecule has 0 atom stereocenters. The lowest BCUT2D eigenvalue weighted by Crippen LogP contribution is -2.24. The molecule has 0 unspecified atom stereocenters. The minimum Gasteiger partial charge on any atom is -0.549 e. The van der Waals surface area contributed by atoms with Gasteiger partial charge in [0.05, 0.1) is 16.3 Å². The Labute approximate surface area is 162 Å². The fourth-order valence-electron chi connectivity index (χ4n) is 3.14. The lowest BCUT2D eigenvalue weighted by atomic mass is 10.2. The molecule has 1 aromatic carbocycles. The number of nitrogens with zero attached hydrogens (tertiary/aromatic N) is 1. The van der Waals surface area contributed by atoms with E-state index in [1.54, 1.807) is 18.2 Å². The zero-order valence-electron chi connectivity index (χ0n) is 14.1. The first-order valence-corrected chi connectivity index (χ1v) is 10.2. The van der Waals surface area contributed by atoms with Crippen LogP contribution >= 0.6 is 23.1 Å². The fourth-order valence-corrected chi connectivity index (χ4v) is 5.13. The van der Waals surface area contributed by atoms with E-state index in [9.17, 15) is 19.1 Å². The summed E-state index contributed by atoms with van der Waals surface area (Å²) < 4.78 is 13.1. The first kappa shape index (κ1) is 17.9. The van der Waals surface area contributed by atoms with Gasteiger partial charge in [0.15, 0.2) is 0 Å². The Balaban J connectivity index is 1.80. The number of hydrogen-bond donors (Lipinski definition) is 1. The van der Waals surface area contributed by atoms with E-state index in [2.05, 4.69) is 9.97 Å². The van der Waals surface area contributed by atoms with Crippen LogP contribution in [0.3, 0.4) is 0 Å². The molecule has 0 aliphatic heterocycles. The third kappa shape index (κ3) is 3.68. The highest BCUT2D eigenvalue weighted by molar-refractivity contribution is 8.09. The van der Waals surface area contributed by atoms with Gasteiger partial charge in [-0.2, -0.15) is 0 Å². The number of aromatic nitrogens is 2. The summed E-state index contributed by atoms with van der Waals surface area (Å²) in [6, 6.07) is 5.78. The number of hydrogen-bond acceptors (Lipinski definition) is 6. The van der Waals surface area contributed by atoms with E-state index in [1.807, 2.05) is 0 Å². The first-order valence-electron chi connectivity index (χ1n) is 8.36. The van der Waals surface area contributed by atoms with Gasteiger partial charge in [-0.05, 0) is 48.6 Å². The summed E-state index contributed by atoms with van der Waals surface area (Å²) in [5.41, 5.74) is 1.55. The summed E-state index contributed by atoms with van der Waals surface area (Å²) in [7, 11) is 0. The number of carboxylic acid groups (broad SMARTS) is 1. The largest absolute Gasteiger partial charge is 0.549 e. The highest BCUT2D eigenvalue weighted by Crippen LogP contribution is 2.36. The Bertz CT molecular complexity index is 1120. The summed E-state index contributed by atoms with van der Waals surface area (Å²) in [6.45, 7) is 0. The molecule has 0 amide bonds. The molecule has 8 heteroatoms. The van der Waals surface area contributed by atoms with Gasteiger partial charge in [0, 0.05) is 10.6 Å². The number of halogens is 1. The van der Waals surface area contributed by atoms with Gasteiger partial charge in [-0.1, -0.05) is 12.1 Å². The minimum absolute atomic E-state index is 0.214. The number of aliphatic carboxylic acids is 1. The lowest BCUT2D eigenvalue weighted by Gasteiger charge is -2.08. The summed E-state index contributed by atoms with van der Waals surface area (Å²) in [5.74, 6) is -1.56. The van der Waals surface area contributed by atoms with Crippen LogP contribution in [0.1, 0.15) is 28.2 Å². The molecule has 5 nitrogen and oxygen atoms in total. The maximum Gasteiger partial charge on any atom is 0.260 e. The number of rotatable bonds is 5. The fraction of sp³-hybridized carbons (Fsp3) is 0.211. The van der Waals surface area contributed by atoms with Gasteiger partial charge < -0.3 is 14.9 Å². The van der Waals surface area contributed by atoms with Crippen LogP contribution in [-0.4, -0.2) is 21.7 Å².